The quantitative estimate of drug-likeness (QED) is 0.348. The summed E-state index contributed by atoms with van der Waals surface area (Å²) in [4.78, 5) is 13.3. The predicted octanol–water partition coefficient (Wildman–Crippen LogP) is 5.20. The van der Waals surface area contributed by atoms with Gasteiger partial charge in [-0.05, 0) is 42.0 Å². The molecule has 0 unspecified atom stereocenters. The molecule has 2 aromatic carbocycles. The van der Waals surface area contributed by atoms with Gasteiger partial charge in [0, 0.05) is 35.6 Å². The maximum absolute atomic E-state index is 12.9. The lowest BCUT2D eigenvalue weighted by Gasteiger charge is -2.11. The van der Waals surface area contributed by atoms with E-state index in [1.54, 1.807) is 29.3 Å². The molecule has 170 valence electrons. The Morgan fingerprint density at radius 1 is 0.882 bits per heavy atom. The Bertz CT molecular complexity index is 1650. The van der Waals surface area contributed by atoms with Crippen molar-refractivity contribution in [2.24, 2.45) is 7.05 Å². The molecule has 11 heteroatoms. The molecule has 0 aliphatic heterocycles. The molecule has 0 atom stereocenters. The second-order valence-electron chi connectivity index (χ2n) is 7.50. The second-order valence-corrected chi connectivity index (χ2v) is 10.00. The number of anilines is 1. The summed E-state index contributed by atoms with van der Waals surface area (Å²) < 4.78 is 29.9. The Hall–Kier alpha value is -3.53. The number of rotatable bonds is 5. The van der Waals surface area contributed by atoms with Crippen molar-refractivity contribution >= 4 is 49.9 Å². The lowest BCUT2D eigenvalue weighted by atomic mass is 10.1. The molecule has 0 fully saturated rings. The van der Waals surface area contributed by atoms with Crippen LogP contribution in [0, 0.1) is 0 Å². The van der Waals surface area contributed by atoms with Gasteiger partial charge in [-0.15, -0.1) is 0 Å². The maximum Gasteiger partial charge on any atom is 0.263 e. The van der Waals surface area contributed by atoms with E-state index in [1.807, 2.05) is 31.4 Å². The zero-order chi connectivity index (χ0) is 23.9. The summed E-state index contributed by atoms with van der Waals surface area (Å²) in [6.45, 7) is 0. The van der Waals surface area contributed by atoms with Gasteiger partial charge in [0.1, 0.15) is 4.90 Å². The molecule has 0 spiro atoms. The van der Waals surface area contributed by atoms with Crippen LogP contribution in [0.3, 0.4) is 0 Å². The van der Waals surface area contributed by atoms with Gasteiger partial charge < -0.3 is 0 Å². The Labute approximate surface area is 205 Å². The monoisotopic (exact) mass is 510 g/mol. The topological polar surface area (TPSA) is 103 Å². The fourth-order valence-electron chi connectivity index (χ4n) is 3.43. The summed E-state index contributed by atoms with van der Waals surface area (Å²) in [5.74, 6) is 0. The van der Waals surface area contributed by atoms with Crippen LogP contribution in [0.25, 0.3) is 33.4 Å². The number of hydrogen-bond acceptors (Lipinski definition) is 6. The van der Waals surface area contributed by atoms with E-state index in [-0.39, 0.29) is 20.6 Å². The number of halogens is 2. The first-order valence-corrected chi connectivity index (χ1v) is 12.2. The van der Waals surface area contributed by atoms with Crippen LogP contribution in [0.2, 0.25) is 10.0 Å². The highest BCUT2D eigenvalue weighted by atomic mass is 35.5. The number of nitrogens with one attached hydrogen (secondary N) is 1. The number of benzene rings is 2. The Morgan fingerprint density at radius 2 is 1.74 bits per heavy atom. The van der Waals surface area contributed by atoms with Gasteiger partial charge in [-0.1, -0.05) is 29.3 Å². The van der Waals surface area contributed by atoms with E-state index < -0.39 is 10.0 Å². The van der Waals surface area contributed by atoms with Crippen LogP contribution in [-0.4, -0.2) is 33.2 Å². The van der Waals surface area contributed by atoms with Gasteiger partial charge in [-0.2, -0.15) is 5.10 Å². The summed E-state index contributed by atoms with van der Waals surface area (Å²) in [5.41, 5.74) is 4.78. The summed E-state index contributed by atoms with van der Waals surface area (Å²) in [6, 6.07) is 11.5. The molecule has 3 aromatic heterocycles. The highest BCUT2D eigenvalue weighted by Gasteiger charge is 2.19. The molecule has 0 saturated carbocycles. The molecule has 0 saturated heterocycles. The van der Waals surface area contributed by atoms with Crippen molar-refractivity contribution < 1.29 is 8.42 Å². The van der Waals surface area contributed by atoms with Gasteiger partial charge in [0.05, 0.1) is 46.0 Å². The van der Waals surface area contributed by atoms with Gasteiger partial charge in [0.2, 0.25) is 0 Å². The molecular formula is C23H16Cl2N6O2S. The van der Waals surface area contributed by atoms with Crippen LogP contribution >= 0.6 is 23.2 Å². The van der Waals surface area contributed by atoms with Crippen LogP contribution in [0.1, 0.15) is 0 Å². The molecule has 3 heterocycles. The van der Waals surface area contributed by atoms with Gasteiger partial charge in [-0.25, -0.2) is 13.4 Å². The van der Waals surface area contributed by atoms with Crippen LogP contribution in [0.4, 0.5) is 5.69 Å². The Morgan fingerprint density at radius 3 is 2.53 bits per heavy atom. The third-order valence-electron chi connectivity index (χ3n) is 5.05. The second kappa shape index (κ2) is 8.68. The number of hydrogen-bond donors (Lipinski definition) is 1. The third-order valence-corrected chi connectivity index (χ3v) is 7.15. The fraction of sp³-hybridized carbons (Fsp3) is 0.0435. The Balaban J connectivity index is 1.49. The van der Waals surface area contributed by atoms with Crippen LogP contribution in [-0.2, 0) is 17.1 Å². The van der Waals surface area contributed by atoms with E-state index in [0.717, 1.165) is 16.6 Å². The summed E-state index contributed by atoms with van der Waals surface area (Å²) in [6.07, 6.45) is 8.36. The van der Waals surface area contributed by atoms with E-state index in [1.165, 1.54) is 24.4 Å². The summed E-state index contributed by atoms with van der Waals surface area (Å²) >= 11 is 12.0. The number of nitrogens with zero attached hydrogens (tertiary/aromatic N) is 5. The minimum Gasteiger partial charge on any atom is -0.278 e. The molecular weight excluding hydrogens is 495 g/mol. The molecule has 8 nitrogen and oxygen atoms in total. The van der Waals surface area contributed by atoms with Crippen LogP contribution in [0.15, 0.2) is 78.3 Å². The van der Waals surface area contributed by atoms with E-state index in [4.69, 9.17) is 28.2 Å². The molecule has 5 aromatic rings. The zero-order valence-electron chi connectivity index (χ0n) is 17.6. The molecule has 0 aliphatic carbocycles. The van der Waals surface area contributed by atoms with Crippen molar-refractivity contribution in [2.45, 2.75) is 4.90 Å². The van der Waals surface area contributed by atoms with Crippen LogP contribution < -0.4 is 4.72 Å². The standard InChI is InChI=1S/C23H16Cl2N6O2S/c1-31-13-16(10-28-31)22-12-27-20-5-2-14(7-21(20)29-22)15-6-18(11-26-9-15)30-34(32,33)23-8-17(24)3-4-19(23)25/h2-13,30H,1H3. The van der Waals surface area contributed by atoms with Gasteiger partial charge >= 0.3 is 0 Å². The van der Waals surface area contributed by atoms with Gasteiger partial charge in [0.25, 0.3) is 10.0 Å². The van der Waals surface area contributed by atoms with Crippen molar-refractivity contribution in [3.8, 4) is 22.4 Å². The number of pyridine rings is 1. The maximum atomic E-state index is 12.9. The molecule has 0 amide bonds. The van der Waals surface area contributed by atoms with E-state index in [0.29, 0.717) is 16.8 Å². The molecule has 0 bridgehead atoms. The first kappa shape index (κ1) is 22.3. The Kier molecular flexibility index (Phi) is 5.68. The van der Waals surface area contributed by atoms with E-state index >= 15 is 0 Å². The highest BCUT2D eigenvalue weighted by molar-refractivity contribution is 7.92. The molecule has 0 aliphatic rings. The lowest BCUT2D eigenvalue weighted by Crippen LogP contribution is -2.13. The highest BCUT2D eigenvalue weighted by Crippen LogP contribution is 2.29. The number of sulfonamides is 1. The predicted molar refractivity (Wildman–Crippen MR) is 132 cm³/mol. The zero-order valence-corrected chi connectivity index (χ0v) is 20.0. The first-order valence-electron chi connectivity index (χ1n) is 9.98. The fourth-order valence-corrected chi connectivity index (χ4v) is 5.23. The number of aryl methyl sites for hydroxylation is 1. The third kappa shape index (κ3) is 4.45. The lowest BCUT2D eigenvalue weighted by molar-refractivity contribution is 0.601. The molecule has 34 heavy (non-hydrogen) atoms. The van der Waals surface area contributed by atoms with Gasteiger partial charge in [0.15, 0.2) is 0 Å². The SMILES string of the molecule is Cn1cc(-c2cnc3ccc(-c4cncc(NS(=O)(=O)c5cc(Cl)ccc5Cl)c4)cc3n2)cn1. The minimum atomic E-state index is -3.97. The average Bonchev–Trinajstić information content (AvgIpc) is 3.26. The van der Waals surface area contributed by atoms with Crippen molar-refractivity contribution in [1.29, 1.82) is 0 Å². The number of fused-ring (bicyclic) bond motifs is 1. The van der Waals surface area contributed by atoms with E-state index in [2.05, 4.69) is 19.8 Å². The minimum absolute atomic E-state index is 0.0681. The van der Waals surface area contributed by atoms with Crippen molar-refractivity contribution in [3.05, 3.63) is 83.5 Å². The summed E-state index contributed by atoms with van der Waals surface area (Å²) in [7, 11) is -2.13. The smallest absolute Gasteiger partial charge is 0.263 e. The normalized spacial score (nSPS) is 11.6. The van der Waals surface area contributed by atoms with Crippen molar-refractivity contribution in [1.82, 2.24) is 24.7 Å². The largest absolute Gasteiger partial charge is 0.278 e. The van der Waals surface area contributed by atoms with Crippen molar-refractivity contribution in [2.75, 3.05) is 4.72 Å². The van der Waals surface area contributed by atoms with E-state index in [9.17, 15) is 8.42 Å². The van der Waals surface area contributed by atoms with Crippen LogP contribution in [0.5, 0.6) is 0 Å². The first-order chi connectivity index (χ1) is 16.3. The molecule has 5 rings (SSSR count). The number of aromatic nitrogens is 5. The molecule has 0 radical (unpaired) electrons. The van der Waals surface area contributed by atoms with Gasteiger partial charge in [-0.3, -0.25) is 19.4 Å². The van der Waals surface area contributed by atoms with Crippen molar-refractivity contribution in [3.63, 3.8) is 0 Å². The average molecular weight is 511 g/mol. The summed E-state index contributed by atoms with van der Waals surface area (Å²) in [5, 5.41) is 4.51. The molecule has 1 N–H and O–H groups in total.